The number of fused-ring (bicyclic) bond motifs is 1. The molecule has 1 aromatic heterocycles. The van der Waals surface area contributed by atoms with E-state index in [1.54, 1.807) is 16.8 Å². The average molecular weight is 488 g/mol. The smallest absolute Gasteiger partial charge is 0.248 e. The number of carbonyl (C=O) groups is 2. The number of carbonyl (C=O) groups excluding carboxylic acids is 2. The van der Waals surface area contributed by atoms with Gasteiger partial charge in [-0.15, -0.1) is 5.10 Å². The first-order valence-corrected chi connectivity index (χ1v) is 12.1. The van der Waals surface area contributed by atoms with Gasteiger partial charge in [-0.05, 0) is 30.4 Å². The molecule has 0 radical (unpaired) electrons. The second-order valence-electron chi connectivity index (χ2n) is 10.6. The van der Waals surface area contributed by atoms with Crippen LogP contribution in [0.2, 0.25) is 5.02 Å². The van der Waals surface area contributed by atoms with E-state index < -0.39 is 29.6 Å². The maximum atomic E-state index is 13.8. The number of hydrogen-bond acceptors (Lipinski definition) is 6. The van der Waals surface area contributed by atoms with E-state index >= 15 is 0 Å². The van der Waals surface area contributed by atoms with Crippen LogP contribution in [-0.4, -0.2) is 62.1 Å². The van der Waals surface area contributed by atoms with Crippen LogP contribution >= 0.6 is 11.6 Å². The zero-order valence-corrected chi connectivity index (χ0v) is 20.3. The number of halogens is 1. The second-order valence-corrected chi connectivity index (χ2v) is 11.0. The minimum atomic E-state index is -0.801. The molecule has 10 heteroatoms. The first-order chi connectivity index (χ1) is 16.1. The normalized spacial score (nSPS) is 25.1. The molecule has 2 N–H and O–H groups in total. The molecule has 5 rings (SSSR count). The van der Waals surface area contributed by atoms with Gasteiger partial charge < -0.3 is 20.1 Å². The van der Waals surface area contributed by atoms with Crippen molar-refractivity contribution in [2.75, 3.05) is 13.2 Å². The minimum absolute atomic E-state index is 0.0895. The van der Waals surface area contributed by atoms with E-state index in [2.05, 4.69) is 15.6 Å². The van der Waals surface area contributed by atoms with Gasteiger partial charge in [-0.1, -0.05) is 43.7 Å². The van der Waals surface area contributed by atoms with E-state index in [1.165, 1.54) is 4.90 Å². The topological polar surface area (TPSA) is 110 Å². The molecular weight excluding hydrogens is 458 g/mol. The summed E-state index contributed by atoms with van der Waals surface area (Å²) in [4.78, 5) is 28.7. The lowest BCUT2D eigenvalue weighted by Crippen LogP contribution is -2.51. The van der Waals surface area contributed by atoms with Crippen LogP contribution in [0.1, 0.15) is 69.3 Å². The maximum Gasteiger partial charge on any atom is 0.248 e. The molecule has 9 nitrogen and oxygen atoms in total. The number of amides is 2. The van der Waals surface area contributed by atoms with Crippen LogP contribution in [0.5, 0.6) is 5.75 Å². The molecule has 0 bridgehead atoms. The van der Waals surface area contributed by atoms with E-state index in [9.17, 15) is 14.7 Å². The quantitative estimate of drug-likeness (QED) is 0.671. The number of aliphatic hydroxyl groups is 1. The monoisotopic (exact) mass is 487 g/mol. The zero-order valence-electron chi connectivity index (χ0n) is 19.6. The molecule has 1 unspecified atom stereocenters. The van der Waals surface area contributed by atoms with Gasteiger partial charge in [-0.2, -0.15) is 0 Å². The van der Waals surface area contributed by atoms with E-state index in [0.29, 0.717) is 16.7 Å². The lowest BCUT2D eigenvalue weighted by atomic mass is 9.85. The summed E-state index contributed by atoms with van der Waals surface area (Å²) in [7, 11) is 0. The molecule has 3 heterocycles. The Morgan fingerprint density at radius 3 is 2.76 bits per heavy atom. The van der Waals surface area contributed by atoms with Crippen molar-refractivity contribution in [1.82, 2.24) is 25.2 Å². The van der Waals surface area contributed by atoms with Gasteiger partial charge >= 0.3 is 0 Å². The van der Waals surface area contributed by atoms with Gasteiger partial charge in [0.1, 0.15) is 24.4 Å². The minimum Gasteiger partial charge on any atom is -0.491 e. The zero-order chi connectivity index (χ0) is 24.2. The second kappa shape index (κ2) is 8.53. The fourth-order valence-corrected chi connectivity index (χ4v) is 5.24. The standard InChI is InChI=1S/C24H30ClN5O4/c1-24(2,3)21(30-11-16(27-28-30)13-7-8-13)23(33)29-10-14(31)9-18(29)22(32)26-17-12-34-19-6-4-5-15(25)20(17)19/h4-6,11,13-14,17-18,21,31H,7-10,12H2,1-3H3,(H,26,32)/t14-,17?,18+,21+/m1/s1. The highest BCUT2D eigenvalue weighted by Crippen LogP contribution is 2.41. The number of benzene rings is 1. The average Bonchev–Trinajstić information content (AvgIpc) is 3.15. The van der Waals surface area contributed by atoms with Crippen LogP contribution in [0.25, 0.3) is 0 Å². The summed E-state index contributed by atoms with van der Waals surface area (Å²) in [6.07, 6.45) is 3.41. The molecule has 1 aliphatic carbocycles. The molecule has 1 aromatic carbocycles. The fourth-order valence-electron chi connectivity index (χ4n) is 4.95. The first-order valence-electron chi connectivity index (χ1n) is 11.8. The summed E-state index contributed by atoms with van der Waals surface area (Å²) in [6, 6.07) is 3.49. The molecule has 3 aliphatic rings. The Labute approximate surface area is 203 Å². The number of rotatable bonds is 5. The Hall–Kier alpha value is -2.65. The molecule has 2 aromatic rings. The van der Waals surface area contributed by atoms with Crippen molar-refractivity contribution in [3.05, 3.63) is 40.7 Å². The van der Waals surface area contributed by atoms with Gasteiger partial charge in [0.05, 0.1) is 17.8 Å². The molecule has 0 spiro atoms. The number of aromatic nitrogens is 3. The van der Waals surface area contributed by atoms with Crippen molar-refractivity contribution in [3.63, 3.8) is 0 Å². The Morgan fingerprint density at radius 2 is 2.06 bits per heavy atom. The number of nitrogens with zero attached hydrogens (tertiary/aromatic N) is 4. The van der Waals surface area contributed by atoms with Gasteiger partial charge in [-0.25, -0.2) is 4.68 Å². The molecule has 1 saturated carbocycles. The number of likely N-dealkylation sites (tertiary alicyclic amines) is 1. The summed E-state index contributed by atoms with van der Waals surface area (Å²) in [6.45, 7) is 6.24. The first kappa shape index (κ1) is 23.1. The Balaban J connectivity index is 1.37. The molecule has 1 saturated heterocycles. The Kier molecular flexibility index (Phi) is 5.80. The third-order valence-electron chi connectivity index (χ3n) is 6.79. The van der Waals surface area contributed by atoms with Crippen molar-refractivity contribution >= 4 is 23.4 Å². The van der Waals surface area contributed by atoms with Crippen molar-refractivity contribution < 1.29 is 19.4 Å². The van der Waals surface area contributed by atoms with Crippen LogP contribution < -0.4 is 10.1 Å². The highest BCUT2D eigenvalue weighted by atomic mass is 35.5. The van der Waals surface area contributed by atoms with E-state index in [4.69, 9.17) is 16.3 Å². The number of ether oxygens (including phenoxy) is 1. The van der Waals surface area contributed by atoms with Gasteiger partial charge in [-0.3, -0.25) is 9.59 Å². The largest absolute Gasteiger partial charge is 0.491 e. The molecule has 182 valence electrons. The third-order valence-corrected chi connectivity index (χ3v) is 7.12. The van der Waals surface area contributed by atoms with Crippen LogP contribution in [0.3, 0.4) is 0 Å². The highest BCUT2D eigenvalue weighted by molar-refractivity contribution is 6.31. The number of hydrogen-bond donors (Lipinski definition) is 2. The number of nitrogens with one attached hydrogen (secondary N) is 1. The molecule has 2 aliphatic heterocycles. The number of aliphatic hydroxyl groups excluding tert-OH is 1. The molecule has 34 heavy (non-hydrogen) atoms. The van der Waals surface area contributed by atoms with E-state index in [1.807, 2.05) is 33.0 Å². The van der Waals surface area contributed by atoms with Crippen LogP contribution in [0.15, 0.2) is 24.4 Å². The predicted molar refractivity (Wildman–Crippen MR) is 124 cm³/mol. The van der Waals surface area contributed by atoms with Gasteiger partial charge in [0.25, 0.3) is 0 Å². The van der Waals surface area contributed by atoms with Gasteiger partial charge in [0.15, 0.2) is 0 Å². The van der Waals surface area contributed by atoms with Gasteiger partial charge in [0.2, 0.25) is 11.8 Å². The highest BCUT2D eigenvalue weighted by Gasteiger charge is 2.46. The lowest BCUT2D eigenvalue weighted by molar-refractivity contribution is -0.144. The van der Waals surface area contributed by atoms with Crippen molar-refractivity contribution in [3.8, 4) is 5.75 Å². The summed E-state index contributed by atoms with van der Waals surface area (Å²) in [5, 5.41) is 22.5. The Bertz CT molecular complexity index is 1110. The summed E-state index contributed by atoms with van der Waals surface area (Å²) in [5.41, 5.74) is 1.15. The SMILES string of the molecule is CC(C)(C)[C@H](C(=O)N1C[C@H](O)C[C@H]1C(=O)NC1COc2cccc(Cl)c21)n1cc(C2CC2)nn1. The van der Waals surface area contributed by atoms with Gasteiger partial charge in [0, 0.05) is 35.7 Å². The number of β-amino-alcohol motifs (C(OH)–C–C–N with tert-alkyl or cyclic N) is 1. The lowest BCUT2D eigenvalue weighted by Gasteiger charge is -2.34. The van der Waals surface area contributed by atoms with Crippen LogP contribution in [0.4, 0.5) is 0 Å². The fraction of sp³-hybridized carbons (Fsp3) is 0.583. The Morgan fingerprint density at radius 1 is 1.29 bits per heavy atom. The maximum absolute atomic E-state index is 13.8. The molecule has 4 atom stereocenters. The molecular formula is C24H30ClN5O4. The van der Waals surface area contributed by atoms with Crippen molar-refractivity contribution in [2.45, 2.75) is 70.2 Å². The predicted octanol–water partition coefficient (Wildman–Crippen LogP) is 2.61. The summed E-state index contributed by atoms with van der Waals surface area (Å²) < 4.78 is 7.29. The van der Waals surface area contributed by atoms with E-state index in [0.717, 1.165) is 24.1 Å². The van der Waals surface area contributed by atoms with Crippen LogP contribution in [0, 0.1) is 5.41 Å². The van der Waals surface area contributed by atoms with Crippen LogP contribution in [-0.2, 0) is 9.59 Å². The molecule has 2 fully saturated rings. The summed E-state index contributed by atoms with van der Waals surface area (Å²) >= 11 is 6.35. The third kappa shape index (κ3) is 4.27. The summed E-state index contributed by atoms with van der Waals surface area (Å²) in [5.74, 6) is 0.469. The van der Waals surface area contributed by atoms with E-state index in [-0.39, 0.29) is 31.4 Å². The molecule has 2 amide bonds. The van der Waals surface area contributed by atoms with Crippen molar-refractivity contribution in [1.29, 1.82) is 0 Å². The van der Waals surface area contributed by atoms with Crippen molar-refractivity contribution in [2.24, 2.45) is 5.41 Å².